The van der Waals surface area contributed by atoms with Crippen LogP contribution in [0.2, 0.25) is 0 Å². The number of aromatic nitrogens is 2. The molecule has 1 aliphatic rings. The number of nitrogens with zero attached hydrogens (tertiary/aromatic N) is 3. The molecule has 0 saturated heterocycles. The molecule has 2 aromatic rings. The van der Waals surface area contributed by atoms with E-state index in [0.717, 1.165) is 6.42 Å². The summed E-state index contributed by atoms with van der Waals surface area (Å²) in [6, 6.07) is 9.44. The molecular formula is C19H25N5O2S. The lowest BCUT2D eigenvalue weighted by atomic mass is 9.84. The maximum Gasteiger partial charge on any atom is 0.219 e. The number of anilines is 1. The topological polar surface area (TPSA) is 99.8 Å². The quantitative estimate of drug-likeness (QED) is 0.794. The normalized spacial score (nSPS) is 16.4. The number of hydrogen-bond acceptors (Lipinski definition) is 5. The predicted octanol–water partition coefficient (Wildman–Crippen LogP) is 2.80. The monoisotopic (exact) mass is 387 g/mol. The Morgan fingerprint density at radius 3 is 2.56 bits per heavy atom. The van der Waals surface area contributed by atoms with E-state index in [9.17, 15) is 13.7 Å². The standard InChI is InChI=1S/C19H25N5O2S/c1-18(2,3)23-27(25,26)19(9-5-10-19)14-21-16-7-4-8-17(15(16)13-20)24-12-6-11-22-24/h4,6-8,11-12,21,23H,5,9-10,14H2,1-3H3. The summed E-state index contributed by atoms with van der Waals surface area (Å²) in [5.74, 6) is 0. The minimum absolute atomic E-state index is 0.260. The summed E-state index contributed by atoms with van der Waals surface area (Å²) in [6.07, 6.45) is 5.50. The van der Waals surface area contributed by atoms with Crippen LogP contribution in [0, 0.1) is 11.3 Å². The van der Waals surface area contributed by atoms with Crippen LogP contribution in [-0.2, 0) is 10.0 Å². The molecule has 0 radical (unpaired) electrons. The van der Waals surface area contributed by atoms with E-state index < -0.39 is 20.3 Å². The predicted molar refractivity (Wildman–Crippen MR) is 105 cm³/mol. The molecule has 1 aliphatic carbocycles. The molecule has 1 fully saturated rings. The van der Waals surface area contributed by atoms with Crippen LogP contribution < -0.4 is 10.0 Å². The van der Waals surface area contributed by atoms with Crippen molar-refractivity contribution in [3.63, 3.8) is 0 Å². The Kier molecular flexibility index (Phi) is 5.02. The maximum atomic E-state index is 12.9. The highest BCUT2D eigenvalue weighted by molar-refractivity contribution is 7.91. The fraction of sp³-hybridized carbons (Fsp3) is 0.474. The average molecular weight is 388 g/mol. The van der Waals surface area contributed by atoms with Crippen LogP contribution in [0.3, 0.4) is 0 Å². The molecule has 0 spiro atoms. The van der Waals surface area contributed by atoms with Crippen LogP contribution in [0.15, 0.2) is 36.7 Å². The Morgan fingerprint density at radius 1 is 1.30 bits per heavy atom. The van der Waals surface area contributed by atoms with Gasteiger partial charge >= 0.3 is 0 Å². The van der Waals surface area contributed by atoms with Gasteiger partial charge in [0.1, 0.15) is 16.4 Å². The van der Waals surface area contributed by atoms with Crippen molar-refractivity contribution < 1.29 is 8.42 Å². The molecule has 144 valence electrons. The zero-order valence-corrected chi connectivity index (χ0v) is 16.7. The fourth-order valence-corrected chi connectivity index (χ4v) is 5.40. The Bertz CT molecular complexity index is 949. The summed E-state index contributed by atoms with van der Waals surface area (Å²) in [7, 11) is -3.50. The van der Waals surface area contributed by atoms with Gasteiger partial charge in [-0.3, -0.25) is 0 Å². The van der Waals surface area contributed by atoms with Gasteiger partial charge in [0.15, 0.2) is 0 Å². The molecule has 0 aliphatic heterocycles. The molecule has 1 saturated carbocycles. The minimum Gasteiger partial charge on any atom is -0.382 e. The summed E-state index contributed by atoms with van der Waals surface area (Å²) in [5, 5.41) is 17.1. The lowest BCUT2D eigenvalue weighted by Gasteiger charge is -2.42. The highest BCUT2D eigenvalue weighted by Gasteiger charge is 2.49. The van der Waals surface area contributed by atoms with Crippen LogP contribution >= 0.6 is 0 Å². The van der Waals surface area contributed by atoms with Crippen molar-refractivity contribution in [1.82, 2.24) is 14.5 Å². The first-order chi connectivity index (χ1) is 12.7. The zero-order chi connectivity index (χ0) is 19.7. The summed E-state index contributed by atoms with van der Waals surface area (Å²) in [5.41, 5.74) is 1.18. The van der Waals surface area contributed by atoms with Crippen LogP contribution in [0.5, 0.6) is 0 Å². The van der Waals surface area contributed by atoms with E-state index in [2.05, 4.69) is 21.2 Å². The molecule has 1 heterocycles. The molecule has 0 atom stereocenters. The molecule has 0 amide bonds. The van der Waals surface area contributed by atoms with Gasteiger partial charge in [-0.15, -0.1) is 0 Å². The van der Waals surface area contributed by atoms with E-state index in [0.29, 0.717) is 29.8 Å². The van der Waals surface area contributed by atoms with Gasteiger partial charge < -0.3 is 5.32 Å². The molecule has 1 aromatic carbocycles. The third-order valence-corrected chi connectivity index (χ3v) is 7.36. The van der Waals surface area contributed by atoms with Gasteiger partial charge in [0.05, 0.1) is 11.4 Å². The van der Waals surface area contributed by atoms with Crippen molar-refractivity contribution in [2.45, 2.75) is 50.3 Å². The van der Waals surface area contributed by atoms with E-state index in [1.807, 2.05) is 32.9 Å². The van der Waals surface area contributed by atoms with Gasteiger partial charge in [-0.25, -0.2) is 17.8 Å². The van der Waals surface area contributed by atoms with E-state index in [1.165, 1.54) is 0 Å². The third kappa shape index (κ3) is 3.84. The summed E-state index contributed by atoms with van der Waals surface area (Å²) in [4.78, 5) is 0. The Labute approximate surface area is 160 Å². The second-order valence-electron chi connectivity index (χ2n) is 8.01. The first-order valence-electron chi connectivity index (χ1n) is 8.98. The molecule has 0 unspecified atom stereocenters. The smallest absolute Gasteiger partial charge is 0.219 e. The number of benzene rings is 1. The van der Waals surface area contributed by atoms with Crippen molar-refractivity contribution in [2.24, 2.45) is 0 Å². The summed E-state index contributed by atoms with van der Waals surface area (Å²) < 4.78 is 29.5. The van der Waals surface area contributed by atoms with Crippen LogP contribution in [0.4, 0.5) is 5.69 Å². The first-order valence-corrected chi connectivity index (χ1v) is 10.5. The number of nitrogens with one attached hydrogen (secondary N) is 2. The zero-order valence-electron chi connectivity index (χ0n) is 15.9. The number of nitriles is 1. The highest BCUT2D eigenvalue weighted by Crippen LogP contribution is 2.40. The van der Waals surface area contributed by atoms with Crippen molar-refractivity contribution in [3.8, 4) is 11.8 Å². The lowest BCUT2D eigenvalue weighted by molar-refractivity contribution is 0.339. The molecular weight excluding hydrogens is 362 g/mol. The Morgan fingerprint density at radius 2 is 2.04 bits per heavy atom. The molecule has 2 N–H and O–H groups in total. The highest BCUT2D eigenvalue weighted by atomic mass is 32.2. The van der Waals surface area contributed by atoms with Crippen LogP contribution in [0.1, 0.15) is 45.6 Å². The van der Waals surface area contributed by atoms with Crippen molar-refractivity contribution in [3.05, 3.63) is 42.2 Å². The van der Waals surface area contributed by atoms with Gasteiger partial charge in [0.25, 0.3) is 0 Å². The van der Waals surface area contributed by atoms with Crippen LogP contribution in [0.25, 0.3) is 5.69 Å². The third-order valence-electron chi connectivity index (χ3n) is 4.78. The fourth-order valence-electron chi connectivity index (χ4n) is 3.29. The number of hydrogen-bond donors (Lipinski definition) is 2. The minimum atomic E-state index is -3.50. The second kappa shape index (κ2) is 6.98. The van der Waals surface area contributed by atoms with Crippen molar-refractivity contribution in [2.75, 3.05) is 11.9 Å². The van der Waals surface area contributed by atoms with Gasteiger partial charge in [0, 0.05) is 24.5 Å². The SMILES string of the molecule is CC(C)(C)NS(=O)(=O)C1(CNc2cccc(-n3cccn3)c2C#N)CCC1. The average Bonchev–Trinajstić information content (AvgIpc) is 3.05. The Hall–Kier alpha value is -2.37. The van der Waals surface area contributed by atoms with Gasteiger partial charge in [-0.1, -0.05) is 12.5 Å². The molecule has 7 nitrogen and oxygen atoms in total. The summed E-state index contributed by atoms with van der Waals surface area (Å²) >= 11 is 0. The van der Waals surface area contributed by atoms with Gasteiger partial charge in [0.2, 0.25) is 10.0 Å². The van der Waals surface area contributed by atoms with Crippen molar-refractivity contribution >= 4 is 15.7 Å². The van der Waals surface area contributed by atoms with Crippen molar-refractivity contribution in [1.29, 1.82) is 5.26 Å². The first kappa shape index (κ1) is 19.4. The molecule has 8 heteroatoms. The van der Waals surface area contributed by atoms with Crippen LogP contribution in [-0.4, -0.2) is 35.0 Å². The van der Waals surface area contributed by atoms with Gasteiger partial charge in [-0.05, 0) is 51.8 Å². The number of sulfonamides is 1. The maximum absolute atomic E-state index is 12.9. The van der Waals surface area contributed by atoms with E-state index in [-0.39, 0.29) is 6.54 Å². The van der Waals surface area contributed by atoms with E-state index >= 15 is 0 Å². The largest absolute Gasteiger partial charge is 0.382 e. The molecule has 27 heavy (non-hydrogen) atoms. The Balaban J connectivity index is 1.86. The second-order valence-corrected chi connectivity index (χ2v) is 10.1. The van der Waals surface area contributed by atoms with E-state index in [1.54, 1.807) is 29.2 Å². The van der Waals surface area contributed by atoms with E-state index in [4.69, 9.17) is 0 Å². The number of rotatable bonds is 6. The van der Waals surface area contributed by atoms with Gasteiger partial charge in [-0.2, -0.15) is 10.4 Å². The molecule has 3 rings (SSSR count). The lowest BCUT2D eigenvalue weighted by Crippen LogP contribution is -2.58. The molecule has 0 bridgehead atoms. The summed E-state index contributed by atoms with van der Waals surface area (Å²) in [6.45, 7) is 5.78. The molecule has 1 aromatic heterocycles.